The number of amides is 2. The Labute approximate surface area is 198 Å². The van der Waals surface area contributed by atoms with Crippen LogP contribution < -0.4 is 16.0 Å². The molecule has 0 bridgehead atoms. The van der Waals surface area contributed by atoms with Crippen molar-refractivity contribution >= 4 is 17.5 Å². The minimum atomic E-state index is -0.377. The van der Waals surface area contributed by atoms with Crippen LogP contribution >= 0.6 is 0 Å². The first-order valence-corrected chi connectivity index (χ1v) is 12.1. The van der Waals surface area contributed by atoms with Gasteiger partial charge in [0.15, 0.2) is 0 Å². The van der Waals surface area contributed by atoms with Gasteiger partial charge in [0, 0.05) is 24.9 Å². The number of aromatic amines is 1. The van der Waals surface area contributed by atoms with Crippen LogP contribution in [0.5, 0.6) is 0 Å². The zero-order valence-electron chi connectivity index (χ0n) is 19.5. The number of carbonyl (C=O) groups is 2. The van der Waals surface area contributed by atoms with Crippen LogP contribution in [0.25, 0.3) is 0 Å². The van der Waals surface area contributed by atoms with E-state index in [1.165, 1.54) is 36.2 Å². The summed E-state index contributed by atoms with van der Waals surface area (Å²) < 4.78 is 2.29. The summed E-state index contributed by atoms with van der Waals surface area (Å²) in [5.74, 6) is 0.384. The molecule has 1 atom stereocenters. The van der Waals surface area contributed by atoms with Gasteiger partial charge in [0.05, 0.1) is 18.4 Å². The Balaban J connectivity index is 1.16. The smallest absolute Gasteiger partial charge is 0.290 e. The summed E-state index contributed by atoms with van der Waals surface area (Å²) >= 11 is 0. The minimum Gasteiger partial charge on any atom is -0.349 e. The molecule has 0 spiro atoms. The third-order valence-electron chi connectivity index (χ3n) is 6.88. The number of anilines is 1. The van der Waals surface area contributed by atoms with Crippen LogP contribution in [0.15, 0.2) is 30.3 Å². The molecule has 178 valence electrons. The van der Waals surface area contributed by atoms with E-state index in [0.29, 0.717) is 18.7 Å². The Morgan fingerprint density at radius 1 is 1.09 bits per heavy atom. The van der Waals surface area contributed by atoms with Gasteiger partial charge in [-0.3, -0.25) is 14.9 Å². The summed E-state index contributed by atoms with van der Waals surface area (Å²) in [6, 6.07) is 9.50. The van der Waals surface area contributed by atoms with Crippen molar-refractivity contribution in [3.05, 3.63) is 64.5 Å². The van der Waals surface area contributed by atoms with Gasteiger partial charge in [-0.2, -0.15) is 0 Å². The molecule has 1 aromatic carbocycles. The number of benzene rings is 1. The summed E-state index contributed by atoms with van der Waals surface area (Å²) in [6.45, 7) is 0.167. The maximum Gasteiger partial charge on any atom is 0.290 e. The molecule has 9 nitrogen and oxygen atoms in total. The highest BCUT2D eigenvalue weighted by Gasteiger charge is 2.29. The first-order chi connectivity index (χ1) is 16.6. The SMILES string of the molecule is Cn1c2c(c3c1CCC(NCNC(=O)c1nnc(Cc4ccccc4)[nH]1)C(=O)N3)CCCCC2. The molecule has 3 aromatic rings. The van der Waals surface area contributed by atoms with Gasteiger partial charge in [0.2, 0.25) is 11.7 Å². The van der Waals surface area contributed by atoms with Gasteiger partial charge in [0.25, 0.3) is 5.91 Å². The fourth-order valence-corrected chi connectivity index (χ4v) is 5.07. The third-order valence-corrected chi connectivity index (χ3v) is 6.88. The molecule has 34 heavy (non-hydrogen) atoms. The molecule has 1 aliphatic carbocycles. The summed E-state index contributed by atoms with van der Waals surface area (Å²) in [4.78, 5) is 28.4. The molecule has 9 heteroatoms. The second-order valence-corrected chi connectivity index (χ2v) is 9.12. The molecule has 0 radical (unpaired) electrons. The van der Waals surface area contributed by atoms with E-state index in [4.69, 9.17) is 0 Å². The van der Waals surface area contributed by atoms with Gasteiger partial charge in [-0.1, -0.05) is 36.8 Å². The van der Waals surface area contributed by atoms with Crippen molar-refractivity contribution in [1.29, 1.82) is 0 Å². The molecule has 2 aromatic heterocycles. The number of H-pyrrole nitrogens is 1. The lowest BCUT2D eigenvalue weighted by Crippen LogP contribution is -2.45. The van der Waals surface area contributed by atoms with Crippen LogP contribution in [-0.4, -0.2) is 44.3 Å². The summed E-state index contributed by atoms with van der Waals surface area (Å²) in [6.07, 6.45) is 7.78. The number of aromatic nitrogens is 4. The number of nitrogens with one attached hydrogen (secondary N) is 4. The summed E-state index contributed by atoms with van der Waals surface area (Å²) in [5, 5.41) is 17.2. The molecule has 1 aliphatic heterocycles. The Kier molecular flexibility index (Phi) is 6.44. The van der Waals surface area contributed by atoms with Crippen LogP contribution in [0.2, 0.25) is 0 Å². The normalized spacial score (nSPS) is 17.8. The predicted molar refractivity (Wildman–Crippen MR) is 129 cm³/mol. The third kappa shape index (κ3) is 4.61. The molecule has 0 saturated carbocycles. The zero-order valence-corrected chi connectivity index (χ0v) is 19.5. The number of rotatable bonds is 6. The van der Waals surface area contributed by atoms with Crippen LogP contribution in [0.3, 0.4) is 0 Å². The molecule has 0 saturated heterocycles. The molecule has 1 unspecified atom stereocenters. The molecule has 4 N–H and O–H groups in total. The van der Waals surface area contributed by atoms with E-state index in [1.807, 2.05) is 30.3 Å². The van der Waals surface area contributed by atoms with E-state index in [-0.39, 0.29) is 30.3 Å². The first kappa shape index (κ1) is 22.3. The monoisotopic (exact) mass is 461 g/mol. The van der Waals surface area contributed by atoms with Crippen molar-refractivity contribution in [3.8, 4) is 0 Å². The molecule has 5 rings (SSSR count). The molecule has 0 fully saturated rings. The highest BCUT2D eigenvalue weighted by Crippen LogP contribution is 2.35. The van der Waals surface area contributed by atoms with Crippen LogP contribution in [0.4, 0.5) is 5.69 Å². The van der Waals surface area contributed by atoms with E-state index >= 15 is 0 Å². The van der Waals surface area contributed by atoms with E-state index in [0.717, 1.165) is 30.5 Å². The van der Waals surface area contributed by atoms with Crippen LogP contribution in [0.1, 0.15) is 64.6 Å². The van der Waals surface area contributed by atoms with Gasteiger partial charge >= 0.3 is 0 Å². The van der Waals surface area contributed by atoms with Crippen molar-refractivity contribution in [1.82, 2.24) is 30.4 Å². The lowest BCUT2D eigenvalue weighted by Gasteiger charge is -2.16. The fraction of sp³-hybridized carbons (Fsp3) is 0.440. The molecular weight excluding hydrogens is 430 g/mol. The average Bonchev–Trinajstić information content (AvgIpc) is 3.22. The van der Waals surface area contributed by atoms with Crippen molar-refractivity contribution in [2.24, 2.45) is 7.05 Å². The van der Waals surface area contributed by atoms with Crippen molar-refractivity contribution in [3.63, 3.8) is 0 Å². The van der Waals surface area contributed by atoms with Gasteiger partial charge in [0.1, 0.15) is 5.82 Å². The van der Waals surface area contributed by atoms with Gasteiger partial charge in [-0.25, -0.2) is 0 Å². The lowest BCUT2D eigenvalue weighted by molar-refractivity contribution is -0.118. The maximum absolute atomic E-state index is 13.0. The number of hydrogen-bond donors (Lipinski definition) is 4. The van der Waals surface area contributed by atoms with E-state index in [9.17, 15) is 9.59 Å². The Morgan fingerprint density at radius 2 is 1.91 bits per heavy atom. The van der Waals surface area contributed by atoms with Gasteiger partial charge in [-0.05, 0) is 49.7 Å². The molecule has 2 aliphatic rings. The van der Waals surface area contributed by atoms with Crippen molar-refractivity contribution in [2.45, 2.75) is 57.4 Å². The number of fused-ring (bicyclic) bond motifs is 3. The topological polar surface area (TPSA) is 117 Å². The number of nitrogens with zero attached hydrogens (tertiary/aromatic N) is 3. The molecule has 2 amide bonds. The van der Waals surface area contributed by atoms with E-state index < -0.39 is 0 Å². The number of hydrogen-bond acceptors (Lipinski definition) is 5. The highest BCUT2D eigenvalue weighted by atomic mass is 16.2. The zero-order chi connectivity index (χ0) is 23.5. The predicted octanol–water partition coefficient (Wildman–Crippen LogP) is 2.23. The largest absolute Gasteiger partial charge is 0.349 e. The van der Waals surface area contributed by atoms with Crippen LogP contribution in [-0.2, 0) is 37.5 Å². The highest BCUT2D eigenvalue weighted by molar-refractivity contribution is 5.97. The minimum absolute atomic E-state index is 0.0459. The van der Waals surface area contributed by atoms with Gasteiger partial charge in [-0.15, -0.1) is 10.2 Å². The maximum atomic E-state index is 13.0. The lowest BCUT2D eigenvalue weighted by atomic mass is 10.1. The fourth-order valence-electron chi connectivity index (χ4n) is 5.07. The average molecular weight is 462 g/mol. The molecular formula is C25H31N7O2. The second-order valence-electron chi connectivity index (χ2n) is 9.12. The molecule has 3 heterocycles. The quantitative estimate of drug-likeness (QED) is 0.332. The first-order valence-electron chi connectivity index (χ1n) is 12.1. The van der Waals surface area contributed by atoms with Crippen molar-refractivity contribution in [2.75, 3.05) is 12.0 Å². The van der Waals surface area contributed by atoms with Crippen LogP contribution in [0, 0.1) is 0 Å². The Bertz CT molecular complexity index is 1180. The standard InChI is InChI=1S/C25H31N7O2/c1-32-19-11-7-3-6-10-17(19)22-20(32)13-12-18(24(33)29-22)26-15-27-25(34)23-28-21(30-31-23)14-16-8-4-2-5-9-16/h2,4-5,8-9,18,26H,3,6-7,10-15H2,1H3,(H,27,34)(H,29,33)(H,28,30,31). The second kappa shape index (κ2) is 9.80. The van der Waals surface area contributed by atoms with E-state index in [2.05, 4.69) is 42.7 Å². The summed E-state index contributed by atoms with van der Waals surface area (Å²) in [7, 11) is 2.12. The number of carbonyl (C=O) groups excluding carboxylic acids is 2. The van der Waals surface area contributed by atoms with Gasteiger partial charge < -0.3 is 20.2 Å². The van der Waals surface area contributed by atoms with E-state index in [1.54, 1.807) is 0 Å². The Morgan fingerprint density at radius 3 is 2.76 bits per heavy atom. The summed E-state index contributed by atoms with van der Waals surface area (Å²) in [5.41, 5.74) is 6.00. The van der Waals surface area contributed by atoms with Crippen molar-refractivity contribution < 1.29 is 9.59 Å². The Hall–Kier alpha value is -3.46.